The van der Waals surface area contributed by atoms with Crippen LogP contribution in [0, 0.1) is 5.82 Å². The average Bonchev–Trinajstić information content (AvgIpc) is 3.24. The van der Waals surface area contributed by atoms with Gasteiger partial charge < -0.3 is 10.1 Å². The lowest BCUT2D eigenvalue weighted by Gasteiger charge is -2.17. The van der Waals surface area contributed by atoms with Crippen LogP contribution in [-0.2, 0) is 6.54 Å². The fraction of sp³-hybridized carbons (Fsp3) is 0.647. The SMILES string of the molecule is Fc1cc(CNC2CC2)cc(OC2CCCCCC2)c1. The van der Waals surface area contributed by atoms with E-state index in [0.29, 0.717) is 11.8 Å². The molecule has 3 heteroatoms. The van der Waals surface area contributed by atoms with Crippen molar-refractivity contribution < 1.29 is 9.13 Å². The first-order chi connectivity index (χ1) is 9.79. The molecule has 1 aromatic carbocycles. The van der Waals surface area contributed by atoms with Crippen LogP contribution < -0.4 is 10.1 Å². The van der Waals surface area contributed by atoms with Crippen LogP contribution in [0.4, 0.5) is 4.39 Å². The van der Waals surface area contributed by atoms with Crippen LogP contribution in [0.2, 0.25) is 0 Å². The Balaban J connectivity index is 1.61. The lowest BCUT2D eigenvalue weighted by atomic mass is 10.1. The zero-order valence-corrected chi connectivity index (χ0v) is 12.0. The van der Waals surface area contributed by atoms with Gasteiger partial charge in [0, 0.05) is 18.7 Å². The van der Waals surface area contributed by atoms with Crippen LogP contribution in [0.15, 0.2) is 18.2 Å². The monoisotopic (exact) mass is 277 g/mol. The first kappa shape index (κ1) is 13.9. The molecule has 1 aromatic rings. The van der Waals surface area contributed by atoms with E-state index in [-0.39, 0.29) is 11.9 Å². The number of benzene rings is 1. The number of halogens is 1. The van der Waals surface area contributed by atoms with Crippen LogP contribution in [0.3, 0.4) is 0 Å². The Hall–Kier alpha value is -1.09. The number of nitrogens with one attached hydrogen (secondary N) is 1. The van der Waals surface area contributed by atoms with E-state index in [0.717, 1.165) is 24.9 Å². The van der Waals surface area contributed by atoms with E-state index in [2.05, 4.69) is 5.32 Å². The number of rotatable bonds is 5. The minimum Gasteiger partial charge on any atom is -0.490 e. The molecule has 20 heavy (non-hydrogen) atoms. The molecule has 2 saturated carbocycles. The Morgan fingerprint density at radius 2 is 1.75 bits per heavy atom. The first-order valence-corrected chi connectivity index (χ1v) is 7.99. The van der Waals surface area contributed by atoms with Gasteiger partial charge in [-0.15, -0.1) is 0 Å². The summed E-state index contributed by atoms with van der Waals surface area (Å²) in [5.74, 6) is 0.508. The second-order valence-electron chi connectivity index (χ2n) is 6.18. The molecule has 0 aliphatic heterocycles. The largest absolute Gasteiger partial charge is 0.490 e. The minimum atomic E-state index is -0.191. The summed E-state index contributed by atoms with van der Waals surface area (Å²) in [6.45, 7) is 0.740. The standard InChI is InChI=1S/C17H24FNO/c18-14-9-13(12-19-15-7-8-15)10-17(11-14)20-16-5-3-1-2-4-6-16/h9-11,15-16,19H,1-8,12H2. The Morgan fingerprint density at radius 1 is 1.00 bits per heavy atom. The summed E-state index contributed by atoms with van der Waals surface area (Å²) in [5.41, 5.74) is 0.987. The fourth-order valence-electron chi connectivity index (χ4n) is 2.89. The van der Waals surface area contributed by atoms with E-state index in [9.17, 15) is 4.39 Å². The minimum absolute atomic E-state index is 0.191. The molecule has 2 aliphatic carbocycles. The molecule has 0 heterocycles. The third-order valence-electron chi connectivity index (χ3n) is 4.21. The first-order valence-electron chi connectivity index (χ1n) is 7.99. The maximum atomic E-state index is 13.7. The van der Waals surface area contributed by atoms with E-state index >= 15 is 0 Å². The Bertz CT molecular complexity index is 437. The molecule has 110 valence electrons. The van der Waals surface area contributed by atoms with Gasteiger partial charge in [-0.3, -0.25) is 0 Å². The van der Waals surface area contributed by atoms with Gasteiger partial charge in [-0.05, 0) is 56.2 Å². The number of hydrogen-bond acceptors (Lipinski definition) is 2. The van der Waals surface area contributed by atoms with Crippen molar-refractivity contribution in [3.8, 4) is 5.75 Å². The fourth-order valence-corrected chi connectivity index (χ4v) is 2.89. The van der Waals surface area contributed by atoms with Crippen molar-refractivity contribution in [3.63, 3.8) is 0 Å². The van der Waals surface area contributed by atoms with Crippen LogP contribution in [0.5, 0.6) is 5.75 Å². The summed E-state index contributed by atoms with van der Waals surface area (Å²) in [6, 6.07) is 5.76. The number of hydrogen-bond donors (Lipinski definition) is 1. The lowest BCUT2D eigenvalue weighted by molar-refractivity contribution is 0.183. The lowest BCUT2D eigenvalue weighted by Crippen LogP contribution is -2.17. The summed E-state index contributed by atoms with van der Waals surface area (Å²) in [6.07, 6.45) is 10.1. The Kier molecular flexibility index (Phi) is 4.56. The summed E-state index contributed by atoms with van der Waals surface area (Å²) in [4.78, 5) is 0. The van der Waals surface area contributed by atoms with Crippen LogP contribution >= 0.6 is 0 Å². The van der Waals surface area contributed by atoms with Gasteiger partial charge >= 0.3 is 0 Å². The van der Waals surface area contributed by atoms with Crippen molar-refractivity contribution in [2.75, 3.05) is 0 Å². The molecule has 0 bridgehead atoms. The maximum absolute atomic E-state index is 13.7. The molecular weight excluding hydrogens is 253 g/mol. The van der Waals surface area contributed by atoms with Gasteiger partial charge in [-0.1, -0.05) is 12.8 Å². The van der Waals surface area contributed by atoms with Gasteiger partial charge in [-0.25, -0.2) is 4.39 Å². The quantitative estimate of drug-likeness (QED) is 0.815. The number of ether oxygens (including phenoxy) is 1. The third kappa shape index (κ3) is 4.20. The molecule has 1 N–H and O–H groups in total. The van der Waals surface area contributed by atoms with Crippen molar-refractivity contribution in [1.29, 1.82) is 0 Å². The van der Waals surface area contributed by atoms with Gasteiger partial charge in [0.25, 0.3) is 0 Å². The Labute approximate surface area is 120 Å². The zero-order valence-electron chi connectivity index (χ0n) is 12.0. The van der Waals surface area contributed by atoms with Crippen LogP contribution in [0.1, 0.15) is 56.9 Å². The molecule has 0 saturated heterocycles. The summed E-state index contributed by atoms with van der Waals surface area (Å²) in [7, 11) is 0. The topological polar surface area (TPSA) is 21.3 Å². The van der Waals surface area contributed by atoms with Crippen molar-refractivity contribution in [2.45, 2.75) is 70.1 Å². The average molecular weight is 277 g/mol. The second kappa shape index (κ2) is 6.57. The van der Waals surface area contributed by atoms with Gasteiger partial charge in [-0.2, -0.15) is 0 Å². The molecule has 3 rings (SSSR count). The van der Waals surface area contributed by atoms with Crippen molar-refractivity contribution in [2.24, 2.45) is 0 Å². The zero-order chi connectivity index (χ0) is 13.8. The van der Waals surface area contributed by atoms with Crippen molar-refractivity contribution in [3.05, 3.63) is 29.6 Å². The molecule has 0 unspecified atom stereocenters. The molecule has 0 radical (unpaired) electrons. The molecule has 2 aliphatic rings. The molecule has 2 fully saturated rings. The van der Waals surface area contributed by atoms with Gasteiger partial charge in [0.05, 0.1) is 6.10 Å². The van der Waals surface area contributed by atoms with Gasteiger partial charge in [0.15, 0.2) is 0 Å². The highest BCUT2D eigenvalue weighted by atomic mass is 19.1. The summed E-state index contributed by atoms with van der Waals surface area (Å²) in [5, 5.41) is 3.42. The molecule has 2 nitrogen and oxygen atoms in total. The van der Waals surface area contributed by atoms with E-state index < -0.39 is 0 Å². The molecular formula is C17H24FNO. The molecule has 0 aromatic heterocycles. The summed E-state index contributed by atoms with van der Waals surface area (Å²) < 4.78 is 19.7. The predicted molar refractivity (Wildman–Crippen MR) is 78.4 cm³/mol. The van der Waals surface area contributed by atoms with Crippen molar-refractivity contribution >= 4 is 0 Å². The normalized spacial score (nSPS) is 20.6. The highest BCUT2D eigenvalue weighted by Crippen LogP contribution is 2.25. The van der Waals surface area contributed by atoms with E-state index in [1.807, 2.05) is 6.07 Å². The predicted octanol–water partition coefficient (Wildman–Crippen LogP) is 4.18. The second-order valence-corrected chi connectivity index (χ2v) is 6.18. The molecule has 0 atom stereocenters. The maximum Gasteiger partial charge on any atom is 0.127 e. The van der Waals surface area contributed by atoms with Gasteiger partial charge in [0.2, 0.25) is 0 Å². The van der Waals surface area contributed by atoms with Gasteiger partial charge in [0.1, 0.15) is 11.6 Å². The molecule has 0 spiro atoms. The smallest absolute Gasteiger partial charge is 0.127 e. The third-order valence-corrected chi connectivity index (χ3v) is 4.21. The summed E-state index contributed by atoms with van der Waals surface area (Å²) >= 11 is 0. The van der Waals surface area contributed by atoms with E-state index in [1.165, 1.54) is 44.6 Å². The van der Waals surface area contributed by atoms with Crippen molar-refractivity contribution in [1.82, 2.24) is 5.32 Å². The Morgan fingerprint density at radius 3 is 2.45 bits per heavy atom. The molecule has 0 amide bonds. The van der Waals surface area contributed by atoms with Crippen LogP contribution in [0.25, 0.3) is 0 Å². The highest BCUT2D eigenvalue weighted by Gasteiger charge is 2.20. The van der Waals surface area contributed by atoms with E-state index in [1.54, 1.807) is 6.07 Å². The highest BCUT2D eigenvalue weighted by molar-refractivity contribution is 5.30. The van der Waals surface area contributed by atoms with E-state index in [4.69, 9.17) is 4.74 Å². The van der Waals surface area contributed by atoms with Crippen LogP contribution in [-0.4, -0.2) is 12.1 Å².